The lowest BCUT2D eigenvalue weighted by atomic mass is 10.0. The second kappa shape index (κ2) is 8.03. The molecule has 0 unspecified atom stereocenters. The Bertz CT molecular complexity index is 1190. The maximum Gasteiger partial charge on any atom is 0.328 e. The zero-order chi connectivity index (χ0) is 20.2. The molecule has 0 spiro atoms. The molecule has 0 radical (unpaired) electrons. The molecular formula is C20H14FN5O2S. The summed E-state index contributed by atoms with van der Waals surface area (Å²) in [5, 5.41) is 8.79. The minimum Gasteiger partial charge on any atom is -0.331 e. The van der Waals surface area contributed by atoms with Crippen LogP contribution in [0.4, 0.5) is 10.1 Å². The first-order valence-corrected chi connectivity index (χ1v) is 8.96. The van der Waals surface area contributed by atoms with Crippen molar-refractivity contribution in [2.45, 2.75) is 0 Å². The first-order valence-electron chi connectivity index (χ1n) is 8.55. The van der Waals surface area contributed by atoms with Gasteiger partial charge in [0.25, 0.3) is 0 Å². The molecule has 0 fully saturated rings. The van der Waals surface area contributed by atoms with E-state index in [0.717, 1.165) is 16.3 Å². The largest absolute Gasteiger partial charge is 0.331 e. The molecule has 9 heteroatoms. The molecule has 29 heavy (non-hydrogen) atoms. The van der Waals surface area contributed by atoms with E-state index in [1.54, 1.807) is 0 Å². The molecule has 1 aromatic heterocycles. The molecule has 144 valence electrons. The standard InChI is InChI=1S/C20H14FN5O2S/c21-13-8-10-14(11-9-13)22-20(29)25-24-18(27)19-23-17(26-28-19)16-7-3-5-12-4-1-2-6-15(12)16/h1-11H,(H,24,27)(H2,22,25,29). The average Bonchev–Trinajstić information content (AvgIpc) is 3.23. The van der Waals surface area contributed by atoms with Crippen LogP contribution in [0.1, 0.15) is 10.7 Å². The summed E-state index contributed by atoms with van der Waals surface area (Å²) in [6, 6.07) is 19.1. The van der Waals surface area contributed by atoms with Crippen molar-refractivity contribution in [2.24, 2.45) is 0 Å². The highest BCUT2D eigenvalue weighted by molar-refractivity contribution is 7.80. The summed E-state index contributed by atoms with van der Waals surface area (Å²) in [5.74, 6) is -0.919. The van der Waals surface area contributed by atoms with Crippen molar-refractivity contribution in [3.8, 4) is 11.4 Å². The SMILES string of the molecule is O=C(NNC(=S)Nc1ccc(F)cc1)c1nc(-c2cccc3ccccc23)no1. The maximum absolute atomic E-state index is 12.9. The van der Waals surface area contributed by atoms with Crippen molar-refractivity contribution in [3.05, 3.63) is 78.4 Å². The summed E-state index contributed by atoms with van der Waals surface area (Å²) in [4.78, 5) is 16.4. The first-order chi connectivity index (χ1) is 14.1. The number of nitrogens with one attached hydrogen (secondary N) is 3. The van der Waals surface area contributed by atoms with Crippen molar-refractivity contribution >= 4 is 39.7 Å². The zero-order valence-electron chi connectivity index (χ0n) is 14.8. The average molecular weight is 407 g/mol. The van der Waals surface area contributed by atoms with Crippen LogP contribution in [0.3, 0.4) is 0 Å². The number of anilines is 1. The van der Waals surface area contributed by atoms with Gasteiger partial charge >= 0.3 is 11.8 Å². The van der Waals surface area contributed by atoms with Gasteiger partial charge in [-0.05, 0) is 47.3 Å². The number of hydrogen-bond acceptors (Lipinski definition) is 5. The number of aromatic nitrogens is 2. The summed E-state index contributed by atoms with van der Waals surface area (Å²) < 4.78 is 18.0. The van der Waals surface area contributed by atoms with E-state index in [-0.39, 0.29) is 16.8 Å². The monoisotopic (exact) mass is 407 g/mol. The second-order valence-electron chi connectivity index (χ2n) is 5.99. The molecule has 4 rings (SSSR count). The smallest absolute Gasteiger partial charge is 0.328 e. The van der Waals surface area contributed by atoms with Crippen LogP contribution < -0.4 is 16.2 Å². The van der Waals surface area contributed by atoms with Crippen molar-refractivity contribution in [1.29, 1.82) is 0 Å². The van der Waals surface area contributed by atoms with E-state index in [2.05, 4.69) is 26.3 Å². The van der Waals surface area contributed by atoms with Crippen molar-refractivity contribution < 1.29 is 13.7 Å². The number of benzene rings is 3. The highest BCUT2D eigenvalue weighted by Gasteiger charge is 2.17. The number of amides is 1. The van der Waals surface area contributed by atoms with Gasteiger partial charge < -0.3 is 9.84 Å². The Morgan fingerprint density at radius 1 is 0.966 bits per heavy atom. The Kier molecular flexibility index (Phi) is 5.12. The fraction of sp³-hybridized carbons (Fsp3) is 0. The second-order valence-corrected chi connectivity index (χ2v) is 6.40. The number of carbonyl (C=O) groups is 1. The van der Waals surface area contributed by atoms with E-state index in [4.69, 9.17) is 16.7 Å². The molecule has 0 aliphatic rings. The Morgan fingerprint density at radius 2 is 1.72 bits per heavy atom. The van der Waals surface area contributed by atoms with E-state index >= 15 is 0 Å². The van der Waals surface area contributed by atoms with E-state index in [9.17, 15) is 9.18 Å². The lowest BCUT2D eigenvalue weighted by Crippen LogP contribution is -2.43. The van der Waals surface area contributed by atoms with Gasteiger partial charge in [-0.3, -0.25) is 15.6 Å². The molecule has 0 aliphatic heterocycles. The van der Waals surface area contributed by atoms with Crippen molar-refractivity contribution in [1.82, 2.24) is 21.0 Å². The molecule has 1 amide bonds. The molecule has 0 saturated carbocycles. The zero-order valence-corrected chi connectivity index (χ0v) is 15.7. The van der Waals surface area contributed by atoms with Crippen LogP contribution in [0.25, 0.3) is 22.2 Å². The first kappa shape index (κ1) is 18.5. The van der Waals surface area contributed by atoms with E-state index < -0.39 is 5.91 Å². The van der Waals surface area contributed by atoms with Gasteiger partial charge in [-0.25, -0.2) is 4.39 Å². The van der Waals surface area contributed by atoms with Crippen molar-refractivity contribution in [2.75, 3.05) is 5.32 Å². The fourth-order valence-corrected chi connectivity index (χ4v) is 2.88. The Hall–Kier alpha value is -3.85. The molecule has 0 saturated heterocycles. The minimum absolute atomic E-state index is 0.110. The van der Waals surface area contributed by atoms with Crippen LogP contribution in [-0.2, 0) is 0 Å². The van der Waals surface area contributed by atoms with Crippen LogP contribution in [0.15, 0.2) is 71.3 Å². The quantitative estimate of drug-likeness (QED) is 0.353. The van der Waals surface area contributed by atoms with Gasteiger partial charge in [0.15, 0.2) is 5.11 Å². The van der Waals surface area contributed by atoms with Gasteiger partial charge in [-0.15, -0.1) is 0 Å². The number of thiocarbonyl (C=S) groups is 1. The van der Waals surface area contributed by atoms with Gasteiger partial charge in [0.2, 0.25) is 5.82 Å². The molecule has 0 bridgehead atoms. The van der Waals surface area contributed by atoms with Gasteiger partial charge in [0.05, 0.1) is 0 Å². The van der Waals surface area contributed by atoms with Crippen LogP contribution >= 0.6 is 12.2 Å². The minimum atomic E-state index is -0.646. The molecule has 3 N–H and O–H groups in total. The number of halogens is 1. The Labute approximate surface area is 169 Å². The van der Waals surface area contributed by atoms with Crippen LogP contribution in [0.5, 0.6) is 0 Å². The number of fused-ring (bicyclic) bond motifs is 1. The highest BCUT2D eigenvalue weighted by Crippen LogP contribution is 2.26. The molecule has 7 nitrogen and oxygen atoms in total. The number of rotatable bonds is 3. The summed E-state index contributed by atoms with van der Waals surface area (Å²) >= 11 is 5.07. The van der Waals surface area contributed by atoms with Crippen molar-refractivity contribution in [3.63, 3.8) is 0 Å². The topological polar surface area (TPSA) is 92.1 Å². The summed E-state index contributed by atoms with van der Waals surface area (Å²) in [6.45, 7) is 0. The molecule has 0 atom stereocenters. The normalized spacial score (nSPS) is 10.5. The number of nitrogens with zero attached hydrogens (tertiary/aromatic N) is 2. The van der Waals surface area contributed by atoms with Crippen LogP contribution in [0.2, 0.25) is 0 Å². The van der Waals surface area contributed by atoms with E-state index in [1.165, 1.54) is 24.3 Å². The van der Waals surface area contributed by atoms with Gasteiger partial charge in [-0.2, -0.15) is 4.98 Å². The number of carbonyl (C=O) groups excluding carboxylic acids is 1. The number of hydrazine groups is 1. The lowest BCUT2D eigenvalue weighted by Gasteiger charge is -2.10. The third-order valence-electron chi connectivity index (χ3n) is 4.04. The van der Waals surface area contributed by atoms with Crippen LogP contribution in [-0.4, -0.2) is 21.2 Å². The molecule has 1 heterocycles. The lowest BCUT2D eigenvalue weighted by molar-refractivity contribution is 0.0900. The van der Waals surface area contributed by atoms with Crippen LogP contribution in [0, 0.1) is 5.82 Å². The van der Waals surface area contributed by atoms with E-state index in [1.807, 2.05) is 42.5 Å². The summed E-state index contributed by atoms with van der Waals surface area (Å²) in [5.41, 5.74) is 6.21. The third kappa shape index (κ3) is 4.19. The summed E-state index contributed by atoms with van der Waals surface area (Å²) in [7, 11) is 0. The fourth-order valence-electron chi connectivity index (χ4n) is 2.71. The molecule has 0 aliphatic carbocycles. The third-order valence-corrected chi connectivity index (χ3v) is 4.25. The predicted octanol–water partition coefficient (Wildman–Crippen LogP) is 3.66. The van der Waals surface area contributed by atoms with Gasteiger partial charge in [0, 0.05) is 11.3 Å². The maximum atomic E-state index is 12.9. The van der Waals surface area contributed by atoms with Gasteiger partial charge in [0.1, 0.15) is 5.82 Å². The highest BCUT2D eigenvalue weighted by atomic mass is 32.1. The molecular weight excluding hydrogens is 393 g/mol. The Morgan fingerprint density at radius 3 is 2.55 bits per heavy atom. The molecule has 4 aromatic rings. The number of hydrogen-bond donors (Lipinski definition) is 3. The summed E-state index contributed by atoms with van der Waals surface area (Å²) in [6.07, 6.45) is 0. The Balaban J connectivity index is 1.42. The molecule has 3 aromatic carbocycles. The van der Waals surface area contributed by atoms with E-state index in [0.29, 0.717) is 11.5 Å². The predicted molar refractivity (Wildman–Crippen MR) is 110 cm³/mol. The van der Waals surface area contributed by atoms with Gasteiger partial charge in [-0.1, -0.05) is 47.6 Å².